The maximum atomic E-state index is 3.63. The Bertz CT molecular complexity index is 239. The molecule has 0 bridgehead atoms. The minimum atomic E-state index is 0.579. The fourth-order valence-corrected chi connectivity index (χ4v) is 4.67. The molecule has 106 valence electrons. The van der Waals surface area contributed by atoms with Gasteiger partial charge in [-0.15, -0.1) is 0 Å². The lowest BCUT2D eigenvalue weighted by atomic mass is 9.73. The smallest absolute Gasteiger partial charge is 0.0147 e. The summed E-state index contributed by atoms with van der Waals surface area (Å²) in [5.74, 6) is 1.33. The van der Waals surface area contributed by atoms with Crippen molar-refractivity contribution in [3.05, 3.63) is 0 Å². The van der Waals surface area contributed by atoms with Gasteiger partial charge in [0.05, 0.1) is 0 Å². The molecule has 0 radical (unpaired) electrons. The van der Waals surface area contributed by atoms with E-state index in [9.17, 15) is 0 Å². The third kappa shape index (κ3) is 4.14. The fraction of sp³-hybridized carbons (Fsp3) is 1.00. The van der Waals surface area contributed by atoms with E-state index in [0.29, 0.717) is 5.41 Å². The van der Waals surface area contributed by atoms with E-state index in [-0.39, 0.29) is 0 Å². The van der Waals surface area contributed by atoms with Crippen molar-refractivity contribution < 1.29 is 0 Å². The predicted octanol–water partition coefficient (Wildman–Crippen LogP) is 2.98. The van der Waals surface area contributed by atoms with Crippen LogP contribution in [0.4, 0.5) is 0 Å². The van der Waals surface area contributed by atoms with Crippen LogP contribution < -0.4 is 5.32 Å². The van der Waals surface area contributed by atoms with Crippen molar-refractivity contribution in [2.75, 3.05) is 38.5 Å². The number of nitrogens with one attached hydrogen (secondary N) is 1. The van der Waals surface area contributed by atoms with E-state index in [4.69, 9.17) is 0 Å². The molecule has 0 aromatic rings. The molecule has 1 heterocycles. The van der Waals surface area contributed by atoms with E-state index in [0.717, 1.165) is 11.8 Å². The van der Waals surface area contributed by atoms with Crippen LogP contribution >= 0.6 is 11.8 Å². The Morgan fingerprint density at radius 3 is 2.72 bits per heavy atom. The highest BCUT2D eigenvalue weighted by Gasteiger charge is 2.34. The van der Waals surface area contributed by atoms with Gasteiger partial charge in [0.15, 0.2) is 0 Å². The van der Waals surface area contributed by atoms with Crippen molar-refractivity contribution in [1.29, 1.82) is 0 Å². The summed E-state index contributed by atoms with van der Waals surface area (Å²) in [4.78, 5) is 2.74. The van der Waals surface area contributed by atoms with Crippen molar-refractivity contribution in [2.45, 2.75) is 51.2 Å². The standard InChI is InChI=1S/C15H30N2S/c1-3-16-12-15(7-5-4-6-8-15)13-17-9-10-18-14(2)11-17/h14,16H,3-13H2,1-2H3. The van der Waals surface area contributed by atoms with Crippen molar-refractivity contribution in [3.63, 3.8) is 0 Å². The monoisotopic (exact) mass is 270 g/mol. The summed E-state index contributed by atoms with van der Waals surface area (Å²) in [7, 11) is 0. The van der Waals surface area contributed by atoms with Gasteiger partial charge in [0.2, 0.25) is 0 Å². The molecule has 1 aliphatic heterocycles. The van der Waals surface area contributed by atoms with Crippen molar-refractivity contribution >= 4 is 11.8 Å². The quantitative estimate of drug-likeness (QED) is 0.827. The van der Waals surface area contributed by atoms with Crippen LogP contribution in [0.15, 0.2) is 0 Å². The zero-order valence-corrected chi connectivity index (χ0v) is 13.0. The highest BCUT2D eigenvalue weighted by molar-refractivity contribution is 7.99. The maximum Gasteiger partial charge on any atom is 0.0147 e. The molecule has 1 saturated heterocycles. The molecule has 1 N–H and O–H groups in total. The van der Waals surface area contributed by atoms with E-state index in [1.54, 1.807) is 0 Å². The van der Waals surface area contributed by atoms with Crippen LogP contribution in [-0.4, -0.2) is 48.6 Å². The van der Waals surface area contributed by atoms with Gasteiger partial charge in [0.25, 0.3) is 0 Å². The second-order valence-corrected chi connectivity index (χ2v) is 7.80. The second-order valence-electron chi connectivity index (χ2n) is 6.26. The lowest BCUT2D eigenvalue weighted by molar-refractivity contribution is 0.105. The van der Waals surface area contributed by atoms with Crippen LogP contribution in [0.1, 0.15) is 46.0 Å². The van der Waals surface area contributed by atoms with Gasteiger partial charge in [0, 0.05) is 37.2 Å². The molecular formula is C15H30N2S. The second kappa shape index (κ2) is 7.16. The van der Waals surface area contributed by atoms with E-state index in [2.05, 4.69) is 35.8 Å². The Kier molecular flexibility index (Phi) is 5.84. The first-order chi connectivity index (χ1) is 8.74. The molecular weight excluding hydrogens is 240 g/mol. The third-order valence-corrected chi connectivity index (χ3v) is 5.68. The van der Waals surface area contributed by atoms with E-state index < -0.39 is 0 Å². The van der Waals surface area contributed by atoms with Crippen molar-refractivity contribution in [1.82, 2.24) is 10.2 Å². The molecule has 1 unspecified atom stereocenters. The van der Waals surface area contributed by atoms with Crippen LogP contribution in [0.25, 0.3) is 0 Å². The normalized spacial score (nSPS) is 29.3. The average molecular weight is 270 g/mol. The summed E-state index contributed by atoms with van der Waals surface area (Å²) in [5.41, 5.74) is 0.579. The molecule has 0 aromatic carbocycles. The van der Waals surface area contributed by atoms with Crippen LogP contribution in [0.3, 0.4) is 0 Å². The zero-order chi connectivity index (χ0) is 12.8. The highest BCUT2D eigenvalue weighted by Crippen LogP contribution is 2.37. The molecule has 0 spiro atoms. The van der Waals surface area contributed by atoms with E-state index >= 15 is 0 Å². The van der Waals surface area contributed by atoms with Gasteiger partial charge in [-0.25, -0.2) is 0 Å². The van der Waals surface area contributed by atoms with Gasteiger partial charge in [-0.3, -0.25) is 0 Å². The summed E-state index contributed by atoms with van der Waals surface area (Å²) in [6, 6.07) is 0. The first-order valence-corrected chi connectivity index (χ1v) is 8.84. The number of thioether (sulfide) groups is 1. The Morgan fingerprint density at radius 1 is 1.28 bits per heavy atom. The van der Waals surface area contributed by atoms with Gasteiger partial charge >= 0.3 is 0 Å². The average Bonchev–Trinajstić information content (AvgIpc) is 2.38. The van der Waals surface area contributed by atoms with Gasteiger partial charge < -0.3 is 10.2 Å². The van der Waals surface area contributed by atoms with Crippen molar-refractivity contribution in [3.8, 4) is 0 Å². The van der Waals surface area contributed by atoms with Crippen LogP contribution in [0.2, 0.25) is 0 Å². The Hall–Kier alpha value is 0.270. The number of rotatable bonds is 5. The molecule has 1 atom stereocenters. The Balaban J connectivity index is 1.91. The summed E-state index contributed by atoms with van der Waals surface area (Å²) in [6.07, 6.45) is 7.24. The molecule has 2 aliphatic rings. The Morgan fingerprint density at radius 2 is 2.06 bits per heavy atom. The topological polar surface area (TPSA) is 15.3 Å². The zero-order valence-electron chi connectivity index (χ0n) is 12.2. The molecule has 2 nitrogen and oxygen atoms in total. The Labute approximate surface area is 117 Å². The fourth-order valence-electron chi connectivity index (χ4n) is 3.59. The van der Waals surface area contributed by atoms with Crippen LogP contribution in [0.5, 0.6) is 0 Å². The van der Waals surface area contributed by atoms with Crippen LogP contribution in [0, 0.1) is 5.41 Å². The first-order valence-electron chi connectivity index (χ1n) is 7.79. The molecule has 3 heteroatoms. The molecule has 0 amide bonds. The third-order valence-electron chi connectivity index (χ3n) is 4.55. The first kappa shape index (κ1) is 14.7. The minimum Gasteiger partial charge on any atom is -0.316 e. The summed E-state index contributed by atoms with van der Waals surface area (Å²) in [5, 5.41) is 4.46. The molecule has 2 rings (SSSR count). The number of hydrogen-bond acceptors (Lipinski definition) is 3. The maximum absolute atomic E-state index is 3.63. The summed E-state index contributed by atoms with van der Waals surface area (Å²) >= 11 is 2.14. The SMILES string of the molecule is CCNCC1(CN2CCSC(C)C2)CCCCC1. The van der Waals surface area contributed by atoms with E-state index in [1.807, 2.05) is 0 Å². The van der Waals surface area contributed by atoms with Crippen molar-refractivity contribution in [2.24, 2.45) is 5.41 Å². The van der Waals surface area contributed by atoms with Crippen LogP contribution in [-0.2, 0) is 0 Å². The van der Waals surface area contributed by atoms with Gasteiger partial charge in [-0.2, -0.15) is 11.8 Å². The lowest BCUT2D eigenvalue weighted by Gasteiger charge is -2.43. The summed E-state index contributed by atoms with van der Waals surface area (Å²) < 4.78 is 0. The van der Waals surface area contributed by atoms with Gasteiger partial charge in [-0.1, -0.05) is 33.1 Å². The molecule has 1 saturated carbocycles. The van der Waals surface area contributed by atoms with Gasteiger partial charge in [0.1, 0.15) is 0 Å². The molecule has 1 aliphatic carbocycles. The summed E-state index contributed by atoms with van der Waals surface area (Å²) in [6.45, 7) is 10.9. The molecule has 0 aromatic heterocycles. The van der Waals surface area contributed by atoms with E-state index in [1.165, 1.54) is 64.0 Å². The number of nitrogens with zero attached hydrogens (tertiary/aromatic N) is 1. The van der Waals surface area contributed by atoms with Gasteiger partial charge in [-0.05, 0) is 24.8 Å². The predicted molar refractivity (Wildman–Crippen MR) is 82.4 cm³/mol. The minimum absolute atomic E-state index is 0.579. The largest absolute Gasteiger partial charge is 0.316 e. The highest BCUT2D eigenvalue weighted by atomic mass is 32.2. The number of hydrogen-bond donors (Lipinski definition) is 1. The molecule has 18 heavy (non-hydrogen) atoms. The molecule has 2 fully saturated rings. The lowest BCUT2D eigenvalue weighted by Crippen LogP contribution is -2.48.